The van der Waals surface area contributed by atoms with Crippen LogP contribution in [0.25, 0.3) is 0 Å². The highest BCUT2D eigenvalue weighted by Crippen LogP contribution is 2.32. The van der Waals surface area contributed by atoms with E-state index in [0.29, 0.717) is 30.4 Å². The number of carbonyl (C=O) groups is 1. The summed E-state index contributed by atoms with van der Waals surface area (Å²) in [5.41, 5.74) is 1.90. The smallest absolute Gasteiger partial charge is 0.293 e. The van der Waals surface area contributed by atoms with Crippen LogP contribution in [0.1, 0.15) is 33.9 Å². The molecule has 0 spiro atoms. The van der Waals surface area contributed by atoms with Gasteiger partial charge in [0.15, 0.2) is 0 Å². The molecule has 2 aliphatic rings. The van der Waals surface area contributed by atoms with Crippen LogP contribution in [-0.4, -0.2) is 57.8 Å². The molecule has 148 valence electrons. The number of aromatic nitrogens is 1. The fourth-order valence-corrected chi connectivity index (χ4v) is 3.99. The number of nitro groups is 1. The molecule has 1 aromatic heterocycles. The van der Waals surface area contributed by atoms with E-state index in [1.165, 1.54) is 6.07 Å². The van der Waals surface area contributed by atoms with E-state index in [2.05, 4.69) is 20.6 Å². The Balaban J connectivity index is 1.39. The van der Waals surface area contributed by atoms with Crippen LogP contribution in [-0.2, 0) is 6.54 Å². The Hall–Kier alpha value is -2.52. The Bertz CT molecular complexity index is 887. The summed E-state index contributed by atoms with van der Waals surface area (Å²) in [7, 11) is 0. The van der Waals surface area contributed by atoms with Crippen molar-refractivity contribution in [2.75, 3.05) is 31.5 Å². The number of rotatable bonds is 6. The molecule has 1 saturated heterocycles. The Morgan fingerprint density at radius 3 is 2.68 bits per heavy atom. The van der Waals surface area contributed by atoms with E-state index in [1.807, 2.05) is 6.92 Å². The summed E-state index contributed by atoms with van der Waals surface area (Å²) >= 11 is 1.65. The molecule has 1 saturated carbocycles. The van der Waals surface area contributed by atoms with Crippen LogP contribution in [0.15, 0.2) is 23.6 Å². The van der Waals surface area contributed by atoms with Crippen molar-refractivity contribution >= 4 is 28.6 Å². The number of nitro benzene ring substituents is 1. The summed E-state index contributed by atoms with van der Waals surface area (Å²) in [5, 5.41) is 17.7. The minimum Gasteiger partial charge on any atom is -0.377 e. The van der Waals surface area contributed by atoms with Gasteiger partial charge in [-0.05, 0) is 31.9 Å². The Labute approximate surface area is 167 Å². The van der Waals surface area contributed by atoms with Gasteiger partial charge in [-0.3, -0.25) is 19.8 Å². The molecule has 0 radical (unpaired) electrons. The average Bonchev–Trinajstić information content (AvgIpc) is 3.41. The summed E-state index contributed by atoms with van der Waals surface area (Å²) < 4.78 is 0. The van der Waals surface area contributed by atoms with Gasteiger partial charge >= 0.3 is 0 Å². The van der Waals surface area contributed by atoms with Gasteiger partial charge in [0.05, 0.1) is 15.6 Å². The van der Waals surface area contributed by atoms with Crippen molar-refractivity contribution in [1.29, 1.82) is 0 Å². The van der Waals surface area contributed by atoms with E-state index in [-0.39, 0.29) is 11.6 Å². The zero-order valence-corrected chi connectivity index (χ0v) is 16.6. The first-order chi connectivity index (χ1) is 13.5. The first-order valence-corrected chi connectivity index (χ1v) is 10.3. The summed E-state index contributed by atoms with van der Waals surface area (Å²) in [6.07, 6.45) is 2.06. The Kier molecular flexibility index (Phi) is 5.27. The number of carbonyl (C=O) groups excluding carboxylic acids is 1. The monoisotopic (exact) mass is 401 g/mol. The SMILES string of the molecule is Cc1nc(CN2CCN(C(=O)c3ccc(NC4CC4)c([N+](=O)[O-])c3)CC2)cs1. The van der Waals surface area contributed by atoms with E-state index >= 15 is 0 Å². The predicted octanol–water partition coefficient (Wildman–Crippen LogP) is 2.89. The first kappa shape index (κ1) is 18.8. The molecule has 1 aromatic carbocycles. The number of amides is 1. The van der Waals surface area contributed by atoms with Crippen LogP contribution in [0.4, 0.5) is 11.4 Å². The second kappa shape index (κ2) is 7.84. The fraction of sp³-hybridized carbons (Fsp3) is 0.474. The predicted molar refractivity (Wildman–Crippen MR) is 108 cm³/mol. The van der Waals surface area contributed by atoms with Gasteiger partial charge < -0.3 is 10.2 Å². The van der Waals surface area contributed by atoms with Gasteiger partial charge in [0.1, 0.15) is 5.69 Å². The van der Waals surface area contributed by atoms with Gasteiger partial charge in [0, 0.05) is 55.8 Å². The quantitative estimate of drug-likeness (QED) is 0.591. The Morgan fingerprint density at radius 2 is 2.07 bits per heavy atom. The van der Waals surface area contributed by atoms with E-state index in [4.69, 9.17) is 0 Å². The van der Waals surface area contributed by atoms with Gasteiger partial charge in [-0.25, -0.2) is 4.98 Å². The lowest BCUT2D eigenvalue weighted by molar-refractivity contribution is -0.384. The number of anilines is 1. The Morgan fingerprint density at radius 1 is 1.32 bits per heavy atom. The number of aryl methyl sites for hydroxylation is 1. The van der Waals surface area contributed by atoms with Crippen LogP contribution in [0, 0.1) is 17.0 Å². The van der Waals surface area contributed by atoms with Crippen LogP contribution in [0.3, 0.4) is 0 Å². The van der Waals surface area contributed by atoms with Gasteiger partial charge in [-0.15, -0.1) is 11.3 Å². The normalized spacial score (nSPS) is 17.5. The third-order valence-corrected chi connectivity index (χ3v) is 5.91. The van der Waals surface area contributed by atoms with E-state index in [1.54, 1.807) is 28.4 Å². The maximum Gasteiger partial charge on any atom is 0.293 e. The zero-order chi connectivity index (χ0) is 19.7. The number of benzene rings is 1. The standard InChI is InChI=1S/C19H23N5O3S/c1-13-20-16(12-28-13)11-22-6-8-23(9-7-22)19(25)14-2-5-17(21-15-3-4-15)18(10-14)24(26)27/h2,5,10,12,15,21H,3-4,6-9,11H2,1H3. The minimum atomic E-state index is -0.421. The lowest BCUT2D eigenvalue weighted by atomic mass is 10.1. The lowest BCUT2D eigenvalue weighted by Gasteiger charge is -2.34. The topological polar surface area (TPSA) is 91.6 Å². The highest BCUT2D eigenvalue weighted by molar-refractivity contribution is 7.09. The molecule has 28 heavy (non-hydrogen) atoms. The minimum absolute atomic E-state index is 0.0321. The third-order valence-electron chi connectivity index (χ3n) is 5.09. The van der Waals surface area contributed by atoms with Gasteiger partial charge in [-0.1, -0.05) is 0 Å². The molecular weight excluding hydrogens is 378 g/mol. The fourth-order valence-electron chi connectivity index (χ4n) is 3.39. The van der Waals surface area contributed by atoms with Crippen LogP contribution >= 0.6 is 11.3 Å². The maximum absolute atomic E-state index is 12.8. The summed E-state index contributed by atoms with van der Waals surface area (Å²) in [6, 6.07) is 5.06. The van der Waals surface area contributed by atoms with Crippen molar-refractivity contribution in [1.82, 2.24) is 14.8 Å². The molecule has 2 aromatic rings. The van der Waals surface area contributed by atoms with Crippen molar-refractivity contribution in [3.63, 3.8) is 0 Å². The summed E-state index contributed by atoms with van der Waals surface area (Å²) in [5.74, 6) is -0.148. The second-order valence-electron chi connectivity index (χ2n) is 7.33. The summed E-state index contributed by atoms with van der Waals surface area (Å²) in [6.45, 7) is 5.54. The van der Waals surface area contributed by atoms with E-state index < -0.39 is 4.92 Å². The molecule has 1 N–H and O–H groups in total. The molecule has 4 rings (SSSR count). The molecule has 0 atom stereocenters. The molecule has 1 aliphatic carbocycles. The number of nitrogens with one attached hydrogen (secondary N) is 1. The lowest BCUT2D eigenvalue weighted by Crippen LogP contribution is -2.48. The van der Waals surface area contributed by atoms with E-state index in [9.17, 15) is 14.9 Å². The van der Waals surface area contributed by atoms with Crippen molar-refractivity contribution in [3.8, 4) is 0 Å². The molecular formula is C19H23N5O3S. The highest BCUT2D eigenvalue weighted by Gasteiger charge is 2.27. The van der Waals surface area contributed by atoms with Crippen molar-refractivity contribution in [2.24, 2.45) is 0 Å². The van der Waals surface area contributed by atoms with Gasteiger partial charge in [0.2, 0.25) is 0 Å². The molecule has 9 heteroatoms. The second-order valence-corrected chi connectivity index (χ2v) is 8.40. The molecule has 2 fully saturated rings. The molecule has 0 unspecified atom stereocenters. The van der Waals surface area contributed by atoms with Crippen LogP contribution < -0.4 is 5.32 Å². The van der Waals surface area contributed by atoms with E-state index in [0.717, 1.165) is 43.2 Å². The first-order valence-electron chi connectivity index (χ1n) is 9.47. The van der Waals surface area contributed by atoms with Gasteiger partial charge in [-0.2, -0.15) is 0 Å². The zero-order valence-electron chi connectivity index (χ0n) is 15.8. The molecule has 1 amide bonds. The highest BCUT2D eigenvalue weighted by atomic mass is 32.1. The average molecular weight is 401 g/mol. The maximum atomic E-state index is 12.8. The number of piperazine rings is 1. The summed E-state index contributed by atoms with van der Waals surface area (Å²) in [4.78, 5) is 32.4. The van der Waals surface area contributed by atoms with Crippen molar-refractivity contribution in [3.05, 3.63) is 50.0 Å². The van der Waals surface area contributed by atoms with Crippen LogP contribution in [0.2, 0.25) is 0 Å². The molecule has 8 nitrogen and oxygen atoms in total. The number of nitrogens with zero attached hydrogens (tertiary/aromatic N) is 4. The molecule has 1 aliphatic heterocycles. The number of hydrogen-bond donors (Lipinski definition) is 1. The van der Waals surface area contributed by atoms with Crippen molar-refractivity contribution < 1.29 is 9.72 Å². The molecule has 2 heterocycles. The largest absolute Gasteiger partial charge is 0.377 e. The number of thiazole rings is 1. The third kappa shape index (κ3) is 4.31. The van der Waals surface area contributed by atoms with Crippen molar-refractivity contribution in [2.45, 2.75) is 32.4 Å². The molecule has 0 bridgehead atoms. The van der Waals surface area contributed by atoms with Gasteiger partial charge in [0.25, 0.3) is 11.6 Å². The number of hydrogen-bond acceptors (Lipinski definition) is 7. The van der Waals surface area contributed by atoms with Crippen LogP contribution in [0.5, 0.6) is 0 Å².